The van der Waals surface area contributed by atoms with Crippen molar-refractivity contribution in [2.45, 2.75) is 39.9 Å². The quantitative estimate of drug-likeness (QED) is 0.524. The fourth-order valence-corrected chi connectivity index (χ4v) is 3.91. The third kappa shape index (κ3) is 6.26. The van der Waals surface area contributed by atoms with Crippen LogP contribution >= 0.6 is 11.6 Å². The van der Waals surface area contributed by atoms with Crippen LogP contribution in [0.25, 0.3) is 11.0 Å². The van der Waals surface area contributed by atoms with E-state index in [0.717, 1.165) is 5.56 Å². The number of alkyl halides is 3. The average Bonchev–Trinajstić information content (AvgIpc) is 2.80. The summed E-state index contributed by atoms with van der Waals surface area (Å²) in [7, 11) is 0. The number of hydrogen-bond donors (Lipinski definition) is 2. The Morgan fingerprint density at radius 3 is 2.39 bits per heavy atom. The number of halogens is 4. The van der Waals surface area contributed by atoms with Crippen LogP contribution in [0.3, 0.4) is 0 Å². The number of rotatable bonds is 7. The Morgan fingerprint density at radius 1 is 1.18 bits per heavy atom. The number of hydrogen-bond acceptors (Lipinski definition) is 5. The molecule has 1 aromatic heterocycles. The smallest absolute Gasteiger partial charge is 0.379 e. The van der Waals surface area contributed by atoms with Crippen molar-refractivity contribution in [1.82, 2.24) is 25.5 Å². The number of fused-ring (bicyclic) bond motifs is 1. The Hall–Kier alpha value is -2.58. The maximum atomic E-state index is 14.3. The molecule has 0 radical (unpaired) electrons. The third-order valence-electron chi connectivity index (χ3n) is 5.59. The lowest BCUT2D eigenvalue weighted by Crippen LogP contribution is -2.45. The van der Waals surface area contributed by atoms with Gasteiger partial charge < -0.3 is 15.5 Å². The fraction of sp³-hybridized carbons (Fsp3) is 0.417. The molecule has 2 aromatic rings. The standard InChI is InChI=1S/C24H29ClF3N5/c1-4-16(3)12-18(24(26,27)28)23(33-10-8-29-9-11-33)20(5-2)32-15-17-13-21-22(14-19(17)25)31-7-6-30-21/h5-7,12-14,29,32H,4,8-11,15H2,1-3H3/b16-12+,20-5+,23-18-. The minimum Gasteiger partial charge on any atom is -0.379 e. The van der Waals surface area contributed by atoms with Gasteiger partial charge in [0.1, 0.15) is 0 Å². The lowest BCUT2D eigenvalue weighted by Gasteiger charge is -2.35. The van der Waals surface area contributed by atoms with Crippen LogP contribution in [-0.4, -0.2) is 47.2 Å². The van der Waals surface area contributed by atoms with Crippen molar-refractivity contribution in [3.05, 3.63) is 69.8 Å². The van der Waals surface area contributed by atoms with Gasteiger partial charge in [-0.25, -0.2) is 0 Å². The topological polar surface area (TPSA) is 53.1 Å². The summed E-state index contributed by atoms with van der Waals surface area (Å²) < 4.78 is 42.9. The zero-order valence-corrected chi connectivity index (χ0v) is 19.8. The van der Waals surface area contributed by atoms with Crippen molar-refractivity contribution in [1.29, 1.82) is 0 Å². The maximum absolute atomic E-state index is 14.3. The first-order chi connectivity index (χ1) is 15.7. The van der Waals surface area contributed by atoms with Crippen LogP contribution in [0, 0.1) is 0 Å². The monoisotopic (exact) mass is 479 g/mol. The second kappa shape index (κ2) is 11.0. The summed E-state index contributed by atoms with van der Waals surface area (Å²) in [4.78, 5) is 10.3. The lowest BCUT2D eigenvalue weighted by atomic mass is 10.0. The van der Waals surface area contributed by atoms with E-state index in [0.29, 0.717) is 59.9 Å². The summed E-state index contributed by atoms with van der Waals surface area (Å²) in [6, 6.07) is 3.53. The molecule has 2 heterocycles. The van der Waals surface area contributed by atoms with Crippen molar-refractivity contribution < 1.29 is 13.2 Å². The first-order valence-electron chi connectivity index (χ1n) is 11.0. The number of nitrogens with zero attached hydrogens (tertiary/aromatic N) is 3. The first-order valence-corrected chi connectivity index (χ1v) is 11.4. The molecule has 1 aliphatic heterocycles. The number of nitrogens with one attached hydrogen (secondary N) is 2. The van der Waals surface area contributed by atoms with Crippen molar-refractivity contribution in [3.63, 3.8) is 0 Å². The second-order valence-electron chi connectivity index (χ2n) is 7.89. The molecule has 1 aromatic carbocycles. The SMILES string of the molecule is C\C=C(NCc1cc2nccnc2cc1Cl)/C(=C(\C=C(/C)CC)C(F)(F)F)N1CCNCC1. The van der Waals surface area contributed by atoms with Crippen molar-refractivity contribution in [2.24, 2.45) is 0 Å². The van der Waals surface area contributed by atoms with Crippen molar-refractivity contribution in [3.8, 4) is 0 Å². The summed E-state index contributed by atoms with van der Waals surface area (Å²) in [5, 5.41) is 6.90. The molecule has 0 atom stereocenters. The Kier molecular flexibility index (Phi) is 8.37. The van der Waals surface area contributed by atoms with Gasteiger partial charge in [0.25, 0.3) is 0 Å². The molecule has 0 unspecified atom stereocenters. The highest BCUT2D eigenvalue weighted by Gasteiger charge is 2.37. The predicted molar refractivity (Wildman–Crippen MR) is 127 cm³/mol. The number of allylic oxidation sites excluding steroid dienone is 4. The van der Waals surface area contributed by atoms with Crippen LogP contribution in [0.4, 0.5) is 13.2 Å². The maximum Gasteiger partial charge on any atom is 0.418 e. The molecular weight excluding hydrogens is 451 g/mol. The molecule has 5 nitrogen and oxygen atoms in total. The predicted octanol–water partition coefficient (Wildman–Crippen LogP) is 5.35. The molecule has 1 fully saturated rings. The molecule has 1 saturated heterocycles. The Bertz CT molecular complexity index is 1070. The van der Waals surface area contributed by atoms with Crippen molar-refractivity contribution >= 4 is 22.6 Å². The summed E-state index contributed by atoms with van der Waals surface area (Å²) in [6.07, 6.45) is 2.18. The van der Waals surface area contributed by atoms with Gasteiger partial charge >= 0.3 is 6.18 Å². The van der Waals surface area contributed by atoms with Gasteiger partial charge in [0.15, 0.2) is 0 Å². The summed E-state index contributed by atoms with van der Waals surface area (Å²) in [5.74, 6) is 0. The van der Waals surface area contributed by atoms with Gasteiger partial charge in [-0.1, -0.05) is 30.2 Å². The molecule has 3 rings (SSSR count). The molecular formula is C24H29ClF3N5. The van der Waals surface area contributed by atoms with Crippen LogP contribution in [0.1, 0.15) is 32.8 Å². The van der Waals surface area contributed by atoms with Gasteiger partial charge in [-0.15, -0.1) is 0 Å². The van der Waals surface area contributed by atoms with Gasteiger partial charge in [0.2, 0.25) is 0 Å². The molecule has 1 aliphatic rings. The van der Waals surface area contributed by atoms with E-state index in [1.54, 1.807) is 43.3 Å². The first kappa shape index (κ1) is 25.1. The highest BCUT2D eigenvalue weighted by Crippen LogP contribution is 2.35. The zero-order chi connectivity index (χ0) is 24.0. The molecule has 0 amide bonds. The van der Waals surface area contributed by atoms with E-state index >= 15 is 0 Å². The molecule has 0 saturated carbocycles. The normalized spacial score (nSPS) is 16.8. The molecule has 178 valence electrons. The van der Waals surface area contributed by atoms with Crippen LogP contribution < -0.4 is 10.6 Å². The molecule has 33 heavy (non-hydrogen) atoms. The summed E-state index contributed by atoms with van der Waals surface area (Å²) in [6.45, 7) is 7.78. The van der Waals surface area contributed by atoms with E-state index in [2.05, 4.69) is 20.6 Å². The molecule has 0 bridgehead atoms. The average molecular weight is 480 g/mol. The second-order valence-corrected chi connectivity index (χ2v) is 8.29. The van der Waals surface area contributed by atoms with Gasteiger partial charge in [-0.05, 0) is 44.0 Å². The van der Waals surface area contributed by atoms with E-state index in [9.17, 15) is 13.2 Å². The van der Waals surface area contributed by atoms with E-state index in [1.165, 1.54) is 6.08 Å². The summed E-state index contributed by atoms with van der Waals surface area (Å²) in [5.41, 5.74) is 2.68. The highest BCUT2D eigenvalue weighted by atomic mass is 35.5. The van der Waals surface area contributed by atoms with E-state index < -0.39 is 11.7 Å². The summed E-state index contributed by atoms with van der Waals surface area (Å²) >= 11 is 6.43. The Labute approximate surface area is 197 Å². The van der Waals surface area contributed by atoms with Crippen molar-refractivity contribution in [2.75, 3.05) is 26.2 Å². The van der Waals surface area contributed by atoms with Crippen LogP contribution in [-0.2, 0) is 6.54 Å². The van der Waals surface area contributed by atoms with Gasteiger partial charge in [0, 0.05) is 50.1 Å². The molecule has 2 N–H and O–H groups in total. The molecule has 9 heteroatoms. The van der Waals surface area contributed by atoms with Gasteiger partial charge in [-0.3, -0.25) is 9.97 Å². The van der Waals surface area contributed by atoms with Crippen LogP contribution in [0.2, 0.25) is 5.02 Å². The number of benzene rings is 1. The fourth-order valence-electron chi connectivity index (χ4n) is 3.68. The third-order valence-corrected chi connectivity index (χ3v) is 5.94. The highest BCUT2D eigenvalue weighted by molar-refractivity contribution is 6.32. The van der Waals surface area contributed by atoms with Crippen LogP contribution in [0.5, 0.6) is 0 Å². The minimum atomic E-state index is -4.50. The number of aromatic nitrogens is 2. The van der Waals surface area contributed by atoms with Gasteiger partial charge in [0.05, 0.1) is 28.0 Å². The van der Waals surface area contributed by atoms with Gasteiger partial charge in [-0.2, -0.15) is 13.2 Å². The number of piperazine rings is 1. The Balaban J connectivity index is 2.02. The minimum absolute atomic E-state index is 0.163. The van der Waals surface area contributed by atoms with Crippen LogP contribution in [0.15, 0.2) is 59.2 Å². The molecule has 0 aliphatic carbocycles. The Morgan fingerprint density at radius 2 is 1.82 bits per heavy atom. The molecule has 0 spiro atoms. The lowest BCUT2D eigenvalue weighted by molar-refractivity contribution is -0.0902. The largest absolute Gasteiger partial charge is 0.418 e. The van der Waals surface area contributed by atoms with E-state index in [4.69, 9.17) is 11.6 Å². The zero-order valence-electron chi connectivity index (χ0n) is 19.1. The van der Waals surface area contributed by atoms with E-state index in [-0.39, 0.29) is 12.2 Å². The van der Waals surface area contributed by atoms with E-state index in [1.807, 2.05) is 13.0 Å².